The second kappa shape index (κ2) is 7.63. The fourth-order valence-corrected chi connectivity index (χ4v) is 3.84. The molecule has 0 saturated heterocycles. The molecular weight excluding hydrogens is 376 g/mol. The molecule has 0 aliphatic heterocycles. The zero-order valence-corrected chi connectivity index (χ0v) is 17.6. The number of aryl methyl sites for hydroxylation is 3. The number of fused-ring (bicyclic) bond motifs is 1. The zero-order chi connectivity index (χ0) is 21.4. The molecule has 0 bridgehead atoms. The third-order valence-electron chi connectivity index (χ3n) is 5.56. The summed E-state index contributed by atoms with van der Waals surface area (Å²) in [6.07, 6.45) is 1.45. The number of nitrogens with zero attached hydrogens (tertiary/aromatic N) is 3. The lowest BCUT2D eigenvalue weighted by molar-refractivity contribution is -0.116. The molecule has 0 atom stereocenters. The van der Waals surface area contributed by atoms with Crippen molar-refractivity contribution in [3.05, 3.63) is 87.6 Å². The topological polar surface area (TPSA) is 68.9 Å². The molecule has 0 unspecified atom stereocenters. The van der Waals surface area contributed by atoms with Crippen LogP contribution in [0.3, 0.4) is 0 Å². The third kappa shape index (κ3) is 3.30. The summed E-state index contributed by atoms with van der Waals surface area (Å²) in [7, 11) is 0. The van der Waals surface area contributed by atoms with E-state index < -0.39 is 0 Å². The highest BCUT2D eigenvalue weighted by Gasteiger charge is 2.18. The number of nitrogens with one attached hydrogen (secondary N) is 1. The highest BCUT2D eigenvalue weighted by atomic mass is 16.2. The molecule has 2 aromatic heterocycles. The largest absolute Gasteiger partial charge is 0.324 e. The van der Waals surface area contributed by atoms with E-state index in [4.69, 9.17) is 0 Å². The molecule has 1 N–H and O–H groups in total. The summed E-state index contributed by atoms with van der Waals surface area (Å²) in [5.74, 6) is -0.257. The normalized spacial score (nSPS) is 11.1. The number of benzene rings is 2. The predicted octanol–water partition coefficient (Wildman–Crippen LogP) is 4.06. The van der Waals surface area contributed by atoms with Crippen LogP contribution in [0, 0.1) is 27.7 Å². The van der Waals surface area contributed by atoms with Crippen molar-refractivity contribution in [3.63, 3.8) is 0 Å². The monoisotopic (exact) mass is 400 g/mol. The molecule has 2 aromatic carbocycles. The maximum atomic E-state index is 13.2. The van der Waals surface area contributed by atoms with Gasteiger partial charge < -0.3 is 5.32 Å². The Hall–Kier alpha value is -3.67. The van der Waals surface area contributed by atoms with Gasteiger partial charge in [0.15, 0.2) is 5.65 Å². The van der Waals surface area contributed by atoms with Crippen LogP contribution in [0.4, 0.5) is 5.69 Å². The molecule has 152 valence electrons. The van der Waals surface area contributed by atoms with Crippen molar-refractivity contribution < 1.29 is 4.79 Å². The maximum absolute atomic E-state index is 13.2. The fraction of sp³-hybridized carbons (Fsp3) is 0.208. The molecule has 0 saturated carbocycles. The lowest BCUT2D eigenvalue weighted by Crippen LogP contribution is -2.28. The molecule has 30 heavy (non-hydrogen) atoms. The van der Waals surface area contributed by atoms with Crippen molar-refractivity contribution in [3.8, 4) is 5.69 Å². The van der Waals surface area contributed by atoms with Gasteiger partial charge in [-0.05, 0) is 56.5 Å². The van der Waals surface area contributed by atoms with Gasteiger partial charge in [-0.25, -0.2) is 4.98 Å². The second-order valence-electron chi connectivity index (χ2n) is 7.57. The van der Waals surface area contributed by atoms with E-state index in [-0.39, 0.29) is 18.0 Å². The van der Waals surface area contributed by atoms with E-state index in [1.807, 2.05) is 80.8 Å². The first-order chi connectivity index (χ1) is 14.4. The van der Waals surface area contributed by atoms with E-state index in [1.54, 1.807) is 0 Å². The number of aromatic nitrogens is 3. The van der Waals surface area contributed by atoms with Crippen LogP contribution in [-0.4, -0.2) is 20.0 Å². The molecular formula is C24H24N4O2. The first-order valence-corrected chi connectivity index (χ1v) is 9.87. The number of amides is 1. The molecule has 0 radical (unpaired) electrons. The number of carbonyl (C=O) groups is 1. The van der Waals surface area contributed by atoms with Gasteiger partial charge in [-0.15, -0.1) is 0 Å². The quantitative estimate of drug-likeness (QED) is 0.562. The number of anilines is 1. The maximum Gasteiger partial charge on any atom is 0.263 e. The van der Waals surface area contributed by atoms with Gasteiger partial charge in [0.25, 0.3) is 5.56 Å². The summed E-state index contributed by atoms with van der Waals surface area (Å²) in [5, 5.41) is 3.47. The Labute approximate surface area is 174 Å². The zero-order valence-electron chi connectivity index (χ0n) is 17.6. The van der Waals surface area contributed by atoms with Crippen molar-refractivity contribution >= 4 is 22.6 Å². The second-order valence-corrected chi connectivity index (χ2v) is 7.57. The highest BCUT2D eigenvalue weighted by Crippen LogP contribution is 2.25. The molecule has 6 heteroatoms. The molecule has 6 nitrogen and oxygen atoms in total. The predicted molar refractivity (Wildman–Crippen MR) is 119 cm³/mol. The summed E-state index contributed by atoms with van der Waals surface area (Å²) in [6, 6.07) is 15.7. The van der Waals surface area contributed by atoms with E-state index in [0.29, 0.717) is 11.0 Å². The molecule has 1 amide bonds. The molecule has 0 aliphatic rings. The summed E-state index contributed by atoms with van der Waals surface area (Å²) < 4.78 is 3.35. The highest BCUT2D eigenvalue weighted by molar-refractivity contribution is 5.92. The first kappa shape index (κ1) is 19.6. The van der Waals surface area contributed by atoms with Gasteiger partial charge in [-0.1, -0.05) is 36.4 Å². The molecule has 2 heterocycles. The Kier molecular flexibility index (Phi) is 4.99. The minimum atomic E-state index is -0.257. The van der Waals surface area contributed by atoms with Crippen LogP contribution in [0.15, 0.2) is 59.7 Å². The van der Waals surface area contributed by atoms with Crippen LogP contribution >= 0.6 is 0 Å². The van der Waals surface area contributed by atoms with Crippen molar-refractivity contribution in [2.75, 3.05) is 5.32 Å². The smallest absolute Gasteiger partial charge is 0.263 e. The average molecular weight is 400 g/mol. The number of rotatable bonds is 4. The van der Waals surface area contributed by atoms with Gasteiger partial charge >= 0.3 is 0 Å². The van der Waals surface area contributed by atoms with Gasteiger partial charge in [0.2, 0.25) is 5.91 Å². The van der Waals surface area contributed by atoms with Gasteiger partial charge in [0.05, 0.1) is 5.39 Å². The lowest BCUT2D eigenvalue weighted by atomic mass is 10.1. The van der Waals surface area contributed by atoms with Crippen LogP contribution < -0.4 is 10.9 Å². The Morgan fingerprint density at radius 2 is 1.63 bits per heavy atom. The van der Waals surface area contributed by atoms with Crippen LogP contribution in [0.5, 0.6) is 0 Å². The van der Waals surface area contributed by atoms with Crippen molar-refractivity contribution in [2.45, 2.75) is 34.2 Å². The first-order valence-electron chi connectivity index (χ1n) is 9.87. The van der Waals surface area contributed by atoms with Crippen LogP contribution in [0.2, 0.25) is 0 Å². The Morgan fingerprint density at radius 3 is 2.30 bits per heavy atom. The van der Waals surface area contributed by atoms with Crippen molar-refractivity contribution in [1.82, 2.24) is 14.1 Å². The SMILES string of the molecule is Cc1cccc(C)c1NC(=O)Cn1cnc2c(c(C)c(C)n2-c2ccccc2)c1=O. The molecule has 4 rings (SSSR count). The minimum absolute atomic E-state index is 0.0927. The number of hydrogen-bond acceptors (Lipinski definition) is 3. The minimum Gasteiger partial charge on any atom is -0.324 e. The number of hydrogen-bond donors (Lipinski definition) is 1. The average Bonchev–Trinajstić information content (AvgIpc) is 2.98. The van der Waals surface area contributed by atoms with E-state index in [0.717, 1.165) is 33.8 Å². The van der Waals surface area contributed by atoms with E-state index in [1.165, 1.54) is 10.9 Å². The van der Waals surface area contributed by atoms with Crippen LogP contribution in [0.1, 0.15) is 22.4 Å². The summed E-state index contributed by atoms with van der Waals surface area (Å²) in [5.41, 5.74) is 5.91. The van der Waals surface area contributed by atoms with Crippen LogP contribution in [0.25, 0.3) is 16.7 Å². The Balaban J connectivity index is 1.72. The molecule has 0 fully saturated rings. The lowest BCUT2D eigenvalue weighted by Gasteiger charge is -2.12. The van der Waals surface area contributed by atoms with Crippen molar-refractivity contribution in [1.29, 1.82) is 0 Å². The standard InChI is InChI=1S/C24H24N4O2/c1-15-9-8-10-16(2)22(15)26-20(29)13-27-14-25-23-21(24(27)30)17(3)18(4)28(23)19-11-6-5-7-12-19/h5-12,14H,13H2,1-4H3,(H,26,29). The van der Waals surface area contributed by atoms with Crippen LogP contribution in [-0.2, 0) is 11.3 Å². The number of carbonyl (C=O) groups excluding carboxylic acids is 1. The summed E-state index contributed by atoms with van der Waals surface area (Å²) >= 11 is 0. The summed E-state index contributed by atoms with van der Waals surface area (Å²) in [6.45, 7) is 7.69. The third-order valence-corrected chi connectivity index (χ3v) is 5.56. The molecule has 4 aromatic rings. The number of para-hydroxylation sites is 2. The van der Waals surface area contributed by atoms with E-state index in [2.05, 4.69) is 10.3 Å². The van der Waals surface area contributed by atoms with E-state index in [9.17, 15) is 9.59 Å². The van der Waals surface area contributed by atoms with Gasteiger partial charge in [-0.3, -0.25) is 18.7 Å². The molecule has 0 spiro atoms. The Morgan fingerprint density at radius 1 is 0.967 bits per heavy atom. The Bertz CT molecular complexity index is 1300. The van der Waals surface area contributed by atoms with Gasteiger partial charge in [0, 0.05) is 17.1 Å². The van der Waals surface area contributed by atoms with Gasteiger partial charge in [0.1, 0.15) is 12.9 Å². The summed E-state index contributed by atoms with van der Waals surface area (Å²) in [4.78, 5) is 30.4. The van der Waals surface area contributed by atoms with Gasteiger partial charge in [-0.2, -0.15) is 0 Å². The van der Waals surface area contributed by atoms with E-state index >= 15 is 0 Å². The molecule has 0 aliphatic carbocycles. The fourth-order valence-electron chi connectivity index (χ4n) is 3.84. The van der Waals surface area contributed by atoms with Crippen molar-refractivity contribution in [2.24, 2.45) is 0 Å².